The first-order valence-corrected chi connectivity index (χ1v) is 6.10. The van der Waals surface area contributed by atoms with Crippen LogP contribution in [0.4, 0.5) is 0 Å². The highest BCUT2D eigenvalue weighted by molar-refractivity contribution is 7.86. The monoisotopic (exact) mass is 234 g/mol. The molecule has 0 N–H and O–H groups in total. The van der Waals surface area contributed by atoms with E-state index in [0.717, 1.165) is 0 Å². The predicted molar refractivity (Wildman–Crippen MR) is 55.5 cm³/mol. The lowest BCUT2D eigenvalue weighted by atomic mass is 10.2. The van der Waals surface area contributed by atoms with E-state index in [0.29, 0.717) is 5.56 Å². The second-order valence-electron chi connectivity index (χ2n) is 2.83. The van der Waals surface area contributed by atoms with Gasteiger partial charge in [-0.15, -0.1) is 0 Å². The summed E-state index contributed by atoms with van der Waals surface area (Å²) in [5.74, 6) is -0.148. The van der Waals surface area contributed by atoms with Crippen LogP contribution in [0.1, 0.15) is 12.5 Å². The van der Waals surface area contributed by atoms with Crippen molar-refractivity contribution in [3.63, 3.8) is 0 Å². The normalized spacial score (nSPS) is 13.9. The summed E-state index contributed by atoms with van der Waals surface area (Å²) in [4.78, 5) is 0. The number of halogens is 1. The second-order valence-corrected chi connectivity index (χ2v) is 5.04. The average molecular weight is 235 g/mol. The zero-order chi connectivity index (χ0) is 10.6. The Labute approximate surface area is 88.8 Å². The summed E-state index contributed by atoms with van der Waals surface area (Å²) in [5.41, 5.74) is -0.145. The highest BCUT2D eigenvalue weighted by atomic mass is 35.5. The number of hydrogen-bond acceptors (Lipinski definition) is 3. The van der Waals surface area contributed by atoms with Crippen LogP contribution in [0.25, 0.3) is 0 Å². The highest BCUT2D eigenvalue weighted by Gasteiger charge is 2.14. The first-order valence-electron chi connectivity index (χ1n) is 4.08. The largest absolute Gasteiger partial charge is 0.272 e. The third-order valence-electron chi connectivity index (χ3n) is 1.47. The highest BCUT2D eigenvalue weighted by Crippen LogP contribution is 2.10. The lowest BCUT2D eigenvalue weighted by molar-refractivity contribution is 0.303. The van der Waals surface area contributed by atoms with Gasteiger partial charge < -0.3 is 0 Å². The number of benzene rings is 1. The van der Waals surface area contributed by atoms with E-state index in [9.17, 15) is 8.42 Å². The van der Waals surface area contributed by atoms with Gasteiger partial charge in [-0.05, 0) is 12.5 Å². The third kappa shape index (κ3) is 4.09. The van der Waals surface area contributed by atoms with Crippen molar-refractivity contribution >= 4 is 21.7 Å². The fourth-order valence-electron chi connectivity index (χ4n) is 1.01. The van der Waals surface area contributed by atoms with Gasteiger partial charge >= 0.3 is 0 Å². The van der Waals surface area contributed by atoms with Gasteiger partial charge in [0.25, 0.3) is 10.1 Å². The summed E-state index contributed by atoms with van der Waals surface area (Å²) < 4.78 is 27.2. The minimum Gasteiger partial charge on any atom is -0.251 e. The molecule has 0 aromatic heterocycles. The summed E-state index contributed by atoms with van der Waals surface area (Å²) in [6.45, 7) is 1.46. The Hall–Kier alpha value is -0.580. The van der Waals surface area contributed by atoms with Crippen LogP contribution >= 0.6 is 11.6 Å². The number of rotatable bonds is 4. The summed E-state index contributed by atoms with van der Waals surface area (Å²) >= 11 is 5.43. The smallest absolute Gasteiger partial charge is 0.251 e. The minimum atomic E-state index is -3.57. The van der Waals surface area contributed by atoms with E-state index in [1.165, 1.54) is 6.92 Å². The van der Waals surface area contributed by atoms with Crippen molar-refractivity contribution in [3.05, 3.63) is 35.9 Å². The van der Waals surface area contributed by atoms with Crippen molar-refractivity contribution < 1.29 is 12.6 Å². The van der Waals surface area contributed by atoms with E-state index in [1.54, 1.807) is 24.3 Å². The molecule has 14 heavy (non-hydrogen) atoms. The minimum absolute atomic E-state index is 0.148. The molecule has 78 valence electrons. The third-order valence-corrected chi connectivity index (χ3v) is 2.93. The van der Waals surface area contributed by atoms with Crippen LogP contribution in [0.3, 0.4) is 0 Å². The molecule has 0 aliphatic rings. The molecule has 0 heterocycles. The summed E-state index contributed by atoms with van der Waals surface area (Å²) in [7, 11) is -3.57. The fourth-order valence-corrected chi connectivity index (χ4v) is 2.42. The molecule has 1 atom stereocenters. The first-order chi connectivity index (χ1) is 6.49. The standard InChI is InChI=1S/C9H11ClO3S/c1-8(10)13-14(11,12)7-9-5-3-2-4-6-9/h2-6,8H,7H2,1H3. The maximum atomic E-state index is 11.3. The molecular weight excluding hydrogens is 224 g/mol. The van der Waals surface area contributed by atoms with Crippen LogP contribution in [-0.2, 0) is 20.1 Å². The zero-order valence-corrected chi connectivity index (χ0v) is 9.25. The Morgan fingerprint density at radius 1 is 1.36 bits per heavy atom. The summed E-state index contributed by atoms with van der Waals surface area (Å²) in [5, 5.41) is 0. The van der Waals surface area contributed by atoms with E-state index in [1.807, 2.05) is 6.07 Å². The molecule has 0 bridgehead atoms. The van der Waals surface area contributed by atoms with E-state index in [4.69, 9.17) is 11.6 Å². The van der Waals surface area contributed by atoms with Crippen LogP contribution in [0.5, 0.6) is 0 Å². The van der Waals surface area contributed by atoms with E-state index in [2.05, 4.69) is 4.18 Å². The zero-order valence-electron chi connectivity index (χ0n) is 7.68. The van der Waals surface area contributed by atoms with Crippen molar-refractivity contribution in [2.24, 2.45) is 0 Å². The SMILES string of the molecule is CC(Cl)OS(=O)(=O)Cc1ccccc1. The quantitative estimate of drug-likeness (QED) is 0.592. The molecule has 0 aliphatic carbocycles. The van der Waals surface area contributed by atoms with Crippen LogP contribution in [0.15, 0.2) is 30.3 Å². The molecule has 0 spiro atoms. The van der Waals surface area contributed by atoms with Gasteiger partial charge in [0.05, 0.1) is 0 Å². The van der Waals surface area contributed by atoms with Gasteiger partial charge in [0.15, 0.2) is 0 Å². The molecule has 1 aromatic rings. The maximum absolute atomic E-state index is 11.3. The Morgan fingerprint density at radius 3 is 2.43 bits per heavy atom. The van der Waals surface area contributed by atoms with Crippen LogP contribution in [0, 0.1) is 0 Å². The molecule has 0 radical (unpaired) electrons. The van der Waals surface area contributed by atoms with E-state index in [-0.39, 0.29) is 5.75 Å². The van der Waals surface area contributed by atoms with Gasteiger partial charge in [-0.1, -0.05) is 41.9 Å². The first kappa shape index (κ1) is 11.5. The molecule has 0 saturated heterocycles. The molecule has 0 saturated carbocycles. The summed E-state index contributed by atoms with van der Waals surface area (Å²) in [6, 6.07) is 8.81. The van der Waals surface area contributed by atoms with Gasteiger partial charge in [-0.25, -0.2) is 0 Å². The van der Waals surface area contributed by atoms with Crippen molar-refractivity contribution in [1.29, 1.82) is 0 Å². The van der Waals surface area contributed by atoms with Crippen molar-refractivity contribution in [2.45, 2.75) is 18.2 Å². The average Bonchev–Trinajstić information content (AvgIpc) is 2.02. The molecule has 1 unspecified atom stereocenters. The van der Waals surface area contributed by atoms with Gasteiger partial charge in [0, 0.05) is 0 Å². The fraction of sp³-hybridized carbons (Fsp3) is 0.333. The molecule has 3 nitrogen and oxygen atoms in total. The Bertz CT molecular complexity index is 372. The van der Waals surface area contributed by atoms with Crippen molar-refractivity contribution in [3.8, 4) is 0 Å². The van der Waals surface area contributed by atoms with E-state index >= 15 is 0 Å². The molecule has 1 aromatic carbocycles. The van der Waals surface area contributed by atoms with Crippen LogP contribution in [0.2, 0.25) is 0 Å². The molecule has 0 amide bonds. The molecule has 1 rings (SSSR count). The Kier molecular flexibility index (Phi) is 3.92. The molecule has 0 aliphatic heterocycles. The van der Waals surface area contributed by atoms with Gasteiger partial charge in [-0.2, -0.15) is 8.42 Å². The lowest BCUT2D eigenvalue weighted by Crippen LogP contribution is -2.12. The molecule has 5 heteroatoms. The van der Waals surface area contributed by atoms with Crippen molar-refractivity contribution in [1.82, 2.24) is 0 Å². The second kappa shape index (κ2) is 4.77. The molecular formula is C9H11ClO3S. The number of hydrogen-bond donors (Lipinski definition) is 0. The Balaban J connectivity index is 2.70. The van der Waals surface area contributed by atoms with Crippen LogP contribution < -0.4 is 0 Å². The van der Waals surface area contributed by atoms with Gasteiger partial charge in [-0.3, -0.25) is 4.18 Å². The Morgan fingerprint density at radius 2 is 1.93 bits per heavy atom. The lowest BCUT2D eigenvalue weighted by Gasteiger charge is -2.06. The topological polar surface area (TPSA) is 43.4 Å². The maximum Gasteiger partial charge on any atom is 0.272 e. The van der Waals surface area contributed by atoms with Crippen molar-refractivity contribution in [2.75, 3.05) is 0 Å². The van der Waals surface area contributed by atoms with E-state index < -0.39 is 15.7 Å². The number of alkyl halides is 1. The molecule has 0 fully saturated rings. The van der Waals surface area contributed by atoms with Gasteiger partial charge in [0.1, 0.15) is 11.3 Å². The summed E-state index contributed by atoms with van der Waals surface area (Å²) in [6.07, 6.45) is 0. The van der Waals surface area contributed by atoms with Crippen LogP contribution in [-0.4, -0.2) is 14.0 Å². The van der Waals surface area contributed by atoms with Gasteiger partial charge in [0.2, 0.25) is 0 Å². The predicted octanol–water partition coefficient (Wildman–Crippen LogP) is 2.12.